The zero-order chi connectivity index (χ0) is 21.3. The van der Waals surface area contributed by atoms with Crippen LogP contribution in [0.3, 0.4) is 0 Å². The lowest BCUT2D eigenvalue weighted by molar-refractivity contribution is -0.192. The molecule has 2 heterocycles. The van der Waals surface area contributed by atoms with E-state index in [1.165, 1.54) is 11.8 Å². The second-order valence-corrected chi connectivity index (χ2v) is 10.5. The van der Waals surface area contributed by atoms with E-state index in [4.69, 9.17) is 15.5 Å². The predicted octanol–water partition coefficient (Wildman–Crippen LogP) is 4.09. The molecule has 0 bridgehead atoms. The Morgan fingerprint density at radius 2 is 2.10 bits per heavy atom. The number of nitrogens with one attached hydrogen (secondary N) is 1. The Kier molecular flexibility index (Phi) is 4.63. The maximum Gasteiger partial charge on any atom is 0.403 e. The molecule has 0 saturated heterocycles. The van der Waals surface area contributed by atoms with Gasteiger partial charge in [-0.2, -0.15) is 13.2 Å². The fourth-order valence-electron chi connectivity index (χ4n) is 5.08. The van der Waals surface area contributed by atoms with Crippen molar-refractivity contribution in [3.05, 3.63) is 28.2 Å². The summed E-state index contributed by atoms with van der Waals surface area (Å²) in [6.45, 7) is 0. The summed E-state index contributed by atoms with van der Waals surface area (Å²) in [7, 11) is 0. The first-order valence-electron chi connectivity index (χ1n) is 9.97. The van der Waals surface area contributed by atoms with Crippen LogP contribution in [0.15, 0.2) is 27.7 Å². The number of nitrogens with two attached hydrogens (primary N) is 1. The van der Waals surface area contributed by atoms with E-state index in [0.717, 1.165) is 15.8 Å². The van der Waals surface area contributed by atoms with Crippen LogP contribution in [0.2, 0.25) is 0 Å². The molecular formula is C20H21BrF3N3O2S. The number of amides is 1. The quantitative estimate of drug-likeness (QED) is 0.636. The van der Waals surface area contributed by atoms with Gasteiger partial charge in [-0.25, -0.2) is 4.99 Å². The van der Waals surface area contributed by atoms with Gasteiger partial charge in [0.05, 0.1) is 0 Å². The van der Waals surface area contributed by atoms with Gasteiger partial charge in [0.1, 0.15) is 22.8 Å². The molecule has 0 aromatic heterocycles. The second-order valence-electron chi connectivity index (χ2n) is 8.63. The molecule has 4 atom stereocenters. The molecule has 5 nitrogen and oxygen atoms in total. The van der Waals surface area contributed by atoms with Crippen molar-refractivity contribution in [2.24, 2.45) is 22.1 Å². The molecule has 4 aliphatic rings. The number of nitrogens with zero attached hydrogens (tertiary/aromatic N) is 1. The van der Waals surface area contributed by atoms with Crippen molar-refractivity contribution in [2.75, 3.05) is 5.75 Å². The summed E-state index contributed by atoms with van der Waals surface area (Å²) < 4.78 is 47.2. The standard InChI is InChI=1S/C20H21BrF3N3O2S/c21-10-1-3-14-12(7-10)19(9-30-17(25)27-19)13-8-11(2-4-15(13)29-14)26-16(28)18(5-6-18)20(22,23)24/h1,3,7,11,13,15H,2,4-6,8-9H2,(H2,25,27)(H,26,28). The summed E-state index contributed by atoms with van der Waals surface area (Å²) in [6, 6.07) is 5.48. The average Bonchev–Trinajstić information content (AvgIpc) is 3.42. The fourth-order valence-corrected chi connectivity index (χ4v) is 6.48. The van der Waals surface area contributed by atoms with E-state index in [1.54, 1.807) is 0 Å². The van der Waals surface area contributed by atoms with Crippen molar-refractivity contribution < 1.29 is 22.7 Å². The first-order valence-corrected chi connectivity index (χ1v) is 11.7. The first kappa shape index (κ1) is 20.5. The lowest BCUT2D eigenvalue weighted by Gasteiger charge is -2.48. The van der Waals surface area contributed by atoms with E-state index in [1.807, 2.05) is 18.2 Å². The topological polar surface area (TPSA) is 76.7 Å². The monoisotopic (exact) mass is 503 g/mol. The number of carbonyl (C=O) groups excluding carboxylic acids is 1. The van der Waals surface area contributed by atoms with E-state index in [0.29, 0.717) is 30.2 Å². The zero-order valence-corrected chi connectivity index (χ0v) is 18.4. The minimum atomic E-state index is -4.50. The maximum absolute atomic E-state index is 13.3. The Morgan fingerprint density at radius 1 is 1.33 bits per heavy atom. The largest absolute Gasteiger partial charge is 0.490 e. The van der Waals surface area contributed by atoms with E-state index < -0.39 is 23.0 Å². The molecule has 162 valence electrons. The minimum absolute atomic E-state index is 0.0760. The van der Waals surface area contributed by atoms with Crippen LogP contribution in [0.5, 0.6) is 5.75 Å². The minimum Gasteiger partial charge on any atom is -0.490 e. The molecule has 3 N–H and O–H groups in total. The van der Waals surface area contributed by atoms with Crippen molar-refractivity contribution >= 4 is 38.8 Å². The van der Waals surface area contributed by atoms with Gasteiger partial charge < -0.3 is 15.8 Å². The van der Waals surface area contributed by atoms with Crippen LogP contribution in [0.4, 0.5) is 13.2 Å². The Bertz CT molecular complexity index is 936. The summed E-state index contributed by atoms with van der Waals surface area (Å²) in [5.41, 5.74) is 4.19. The molecule has 5 rings (SSSR count). The molecule has 30 heavy (non-hydrogen) atoms. The maximum atomic E-state index is 13.3. The van der Waals surface area contributed by atoms with Gasteiger partial charge in [-0.15, -0.1) is 0 Å². The number of alkyl halides is 3. The number of fused-ring (bicyclic) bond motifs is 4. The van der Waals surface area contributed by atoms with Gasteiger partial charge in [0.15, 0.2) is 5.17 Å². The molecule has 0 radical (unpaired) electrons. The molecule has 1 aromatic carbocycles. The van der Waals surface area contributed by atoms with Gasteiger partial charge in [-0.3, -0.25) is 4.79 Å². The summed E-state index contributed by atoms with van der Waals surface area (Å²) >= 11 is 4.99. The van der Waals surface area contributed by atoms with Gasteiger partial charge in [-0.05, 0) is 50.3 Å². The fraction of sp³-hybridized carbons (Fsp3) is 0.600. The summed E-state index contributed by atoms with van der Waals surface area (Å²) in [5.74, 6) is 0.457. The number of hydrogen-bond donors (Lipinski definition) is 2. The average molecular weight is 504 g/mol. The molecular weight excluding hydrogens is 483 g/mol. The molecule has 4 unspecified atom stereocenters. The van der Waals surface area contributed by atoms with Crippen molar-refractivity contribution in [1.82, 2.24) is 5.32 Å². The lowest BCUT2D eigenvalue weighted by atomic mass is 9.67. The van der Waals surface area contributed by atoms with Gasteiger partial charge >= 0.3 is 6.18 Å². The van der Waals surface area contributed by atoms with Crippen LogP contribution in [0, 0.1) is 11.3 Å². The van der Waals surface area contributed by atoms with Crippen LogP contribution in [-0.4, -0.2) is 35.1 Å². The number of amidine groups is 1. The summed E-state index contributed by atoms with van der Waals surface area (Å²) in [6.07, 6.45) is -3.15. The molecule has 2 aliphatic heterocycles. The molecule has 1 spiro atoms. The Hall–Kier alpha value is -1.42. The number of thioether (sulfide) groups is 1. The number of ether oxygens (including phenoxy) is 1. The van der Waals surface area contributed by atoms with Crippen LogP contribution >= 0.6 is 27.7 Å². The molecule has 1 amide bonds. The van der Waals surface area contributed by atoms with Crippen LogP contribution < -0.4 is 15.8 Å². The van der Waals surface area contributed by atoms with Gasteiger partial charge in [0.2, 0.25) is 5.91 Å². The van der Waals surface area contributed by atoms with Gasteiger partial charge in [0.25, 0.3) is 0 Å². The number of hydrogen-bond acceptors (Lipinski definition) is 5. The number of carbonyl (C=O) groups is 1. The Morgan fingerprint density at radius 3 is 2.73 bits per heavy atom. The van der Waals surface area contributed by atoms with E-state index in [-0.39, 0.29) is 30.9 Å². The van der Waals surface area contributed by atoms with Gasteiger partial charge in [-0.1, -0.05) is 27.7 Å². The van der Waals surface area contributed by atoms with Crippen molar-refractivity contribution in [2.45, 2.75) is 56.0 Å². The zero-order valence-electron chi connectivity index (χ0n) is 16.0. The van der Waals surface area contributed by atoms with Crippen LogP contribution in [0.25, 0.3) is 0 Å². The third-order valence-corrected chi connectivity index (χ3v) is 8.36. The molecule has 10 heteroatoms. The normalized spacial score (nSPS) is 33.9. The number of benzene rings is 1. The number of aliphatic imine (C=N–C) groups is 1. The van der Waals surface area contributed by atoms with E-state index in [9.17, 15) is 18.0 Å². The SMILES string of the molecule is NC1=NC2(CS1)c1cc(Br)ccc1OC1CCC(NC(=O)C3(C(F)(F)F)CC3)CC12. The summed E-state index contributed by atoms with van der Waals surface area (Å²) in [5, 5.41) is 3.21. The first-order chi connectivity index (χ1) is 14.1. The highest BCUT2D eigenvalue weighted by atomic mass is 79.9. The molecule has 2 aliphatic carbocycles. The van der Waals surface area contributed by atoms with Crippen LogP contribution in [0.1, 0.15) is 37.7 Å². The smallest absolute Gasteiger partial charge is 0.403 e. The molecule has 2 fully saturated rings. The van der Waals surface area contributed by atoms with Crippen molar-refractivity contribution in [3.63, 3.8) is 0 Å². The number of halogens is 4. The van der Waals surface area contributed by atoms with E-state index in [2.05, 4.69) is 21.2 Å². The van der Waals surface area contributed by atoms with Crippen LogP contribution in [-0.2, 0) is 10.3 Å². The molecule has 2 saturated carbocycles. The number of rotatable bonds is 2. The van der Waals surface area contributed by atoms with Gasteiger partial charge in [0, 0.05) is 27.7 Å². The van der Waals surface area contributed by atoms with Crippen molar-refractivity contribution in [1.29, 1.82) is 0 Å². The second kappa shape index (κ2) is 6.79. The Balaban J connectivity index is 1.43. The third-order valence-electron chi connectivity index (χ3n) is 6.90. The highest BCUT2D eigenvalue weighted by Crippen LogP contribution is 2.58. The predicted molar refractivity (Wildman–Crippen MR) is 111 cm³/mol. The van der Waals surface area contributed by atoms with E-state index >= 15 is 0 Å². The lowest BCUT2D eigenvalue weighted by Crippen LogP contribution is -2.55. The third kappa shape index (κ3) is 3.04. The Labute approximate surface area is 184 Å². The highest BCUT2D eigenvalue weighted by Gasteiger charge is 2.68. The summed E-state index contributed by atoms with van der Waals surface area (Å²) in [4.78, 5) is 17.3. The molecule has 1 aromatic rings. The highest BCUT2D eigenvalue weighted by molar-refractivity contribution is 9.10. The van der Waals surface area contributed by atoms with Crippen molar-refractivity contribution in [3.8, 4) is 5.75 Å².